The van der Waals surface area contributed by atoms with Crippen molar-refractivity contribution < 1.29 is 4.39 Å². The lowest BCUT2D eigenvalue weighted by Crippen LogP contribution is -2.24. The summed E-state index contributed by atoms with van der Waals surface area (Å²) in [7, 11) is 1.95. The van der Waals surface area contributed by atoms with Gasteiger partial charge in [-0.3, -0.25) is 4.90 Å². The molecule has 3 heteroatoms. The largest absolute Gasteiger partial charge is 0.299 e. The molecule has 0 N–H and O–H groups in total. The summed E-state index contributed by atoms with van der Waals surface area (Å²) in [4.78, 5) is 2.07. The Kier molecular flexibility index (Phi) is 4.94. The first-order valence-corrected chi connectivity index (χ1v) is 5.48. The summed E-state index contributed by atoms with van der Waals surface area (Å²) in [5.74, 6) is -0.165. The molecule has 1 rings (SSSR count). The van der Waals surface area contributed by atoms with Crippen molar-refractivity contribution in [1.82, 2.24) is 4.90 Å². The molecule has 0 bridgehead atoms. The second kappa shape index (κ2) is 6.24. The molecule has 0 saturated heterocycles. The van der Waals surface area contributed by atoms with E-state index in [0.29, 0.717) is 12.0 Å². The molecule has 86 valence electrons. The minimum atomic E-state index is -0.165. The van der Waals surface area contributed by atoms with Gasteiger partial charge in [-0.1, -0.05) is 18.2 Å². The molecule has 0 aliphatic rings. The third-order valence-corrected chi connectivity index (χ3v) is 2.82. The van der Waals surface area contributed by atoms with Gasteiger partial charge >= 0.3 is 0 Å². The number of hydrogen-bond acceptors (Lipinski definition) is 2. The van der Waals surface area contributed by atoms with Crippen LogP contribution in [-0.4, -0.2) is 18.5 Å². The molecule has 16 heavy (non-hydrogen) atoms. The van der Waals surface area contributed by atoms with E-state index in [2.05, 4.69) is 11.0 Å². The summed E-state index contributed by atoms with van der Waals surface area (Å²) in [5, 5.41) is 8.45. The summed E-state index contributed by atoms with van der Waals surface area (Å²) >= 11 is 0. The second-order valence-electron chi connectivity index (χ2n) is 3.94. The third-order valence-electron chi connectivity index (χ3n) is 2.82. The Morgan fingerprint density at radius 3 is 2.75 bits per heavy atom. The minimum absolute atomic E-state index is 0.0416. The Hall–Kier alpha value is -1.40. The van der Waals surface area contributed by atoms with Gasteiger partial charge in [0.15, 0.2) is 0 Å². The van der Waals surface area contributed by atoms with Crippen LogP contribution in [-0.2, 0) is 0 Å². The van der Waals surface area contributed by atoms with Crippen LogP contribution in [0.2, 0.25) is 0 Å². The summed E-state index contributed by atoms with van der Waals surface area (Å²) in [6.07, 6.45) is 1.38. The lowest BCUT2D eigenvalue weighted by atomic mass is 10.1. The monoisotopic (exact) mass is 220 g/mol. The Bertz CT molecular complexity index is 370. The molecule has 1 atom stereocenters. The average Bonchev–Trinajstić information content (AvgIpc) is 2.29. The second-order valence-corrected chi connectivity index (χ2v) is 3.94. The lowest BCUT2D eigenvalue weighted by Gasteiger charge is -2.24. The topological polar surface area (TPSA) is 27.0 Å². The van der Waals surface area contributed by atoms with E-state index in [4.69, 9.17) is 5.26 Å². The van der Waals surface area contributed by atoms with Crippen molar-refractivity contribution in [2.45, 2.75) is 25.8 Å². The molecular weight excluding hydrogens is 203 g/mol. The predicted octanol–water partition coefficient (Wildman–Crippen LogP) is 3.12. The van der Waals surface area contributed by atoms with E-state index < -0.39 is 0 Å². The van der Waals surface area contributed by atoms with E-state index >= 15 is 0 Å². The average molecular weight is 220 g/mol. The molecule has 0 heterocycles. The molecule has 1 aromatic carbocycles. The van der Waals surface area contributed by atoms with Gasteiger partial charge in [-0.15, -0.1) is 0 Å². The van der Waals surface area contributed by atoms with E-state index in [1.54, 1.807) is 12.1 Å². The maximum absolute atomic E-state index is 13.5. The molecule has 0 aliphatic carbocycles. The zero-order chi connectivity index (χ0) is 12.0. The number of nitriles is 1. The molecule has 0 aromatic heterocycles. The highest BCUT2D eigenvalue weighted by atomic mass is 19.1. The van der Waals surface area contributed by atoms with Crippen LogP contribution in [0.15, 0.2) is 24.3 Å². The van der Waals surface area contributed by atoms with Crippen LogP contribution in [0.1, 0.15) is 31.4 Å². The van der Waals surface area contributed by atoms with E-state index in [0.717, 1.165) is 13.0 Å². The van der Waals surface area contributed by atoms with E-state index in [-0.39, 0.29) is 11.9 Å². The number of halogens is 1. The molecular formula is C13H17FN2. The number of hydrogen-bond donors (Lipinski definition) is 0. The molecule has 1 unspecified atom stereocenters. The third kappa shape index (κ3) is 3.32. The van der Waals surface area contributed by atoms with Crippen LogP contribution in [0.5, 0.6) is 0 Å². The number of nitrogens with zero attached hydrogens (tertiary/aromatic N) is 2. The summed E-state index contributed by atoms with van der Waals surface area (Å²) in [6.45, 7) is 2.79. The van der Waals surface area contributed by atoms with Gasteiger partial charge in [0.2, 0.25) is 0 Å². The fourth-order valence-corrected chi connectivity index (χ4v) is 1.65. The zero-order valence-corrected chi connectivity index (χ0v) is 9.78. The van der Waals surface area contributed by atoms with Crippen LogP contribution >= 0.6 is 0 Å². The van der Waals surface area contributed by atoms with Crippen molar-refractivity contribution in [2.75, 3.05) is 13.6 Å². The fraction of sp³-hybridized carbons (Fsp3) is 0.462. The normalized spacial score (nSPS) is 12.4. The Morgan fingerprint density at radius 1 is 1.44 bits per heavy atom. The molecule has 1 aromatic rings. The lowest BCUT2D eigenvalue weighted by molar-refractivity contribution is 0.254. The predicted molar refractivity (Wildman–Crippen MR) is 62.3 cm³/mol. The highest BCUT2D eigenvalue weighted by molar-refractivity contribution is 5.20. The van der Waals surface area contributed by atoms with Crippen molar-refractivity contribution in [3.05, 3.63) is 35.6 Å². The SMILES string of the molecule is CC(c1ccccc1F)N(C)CCCC#N. The van der Waals surface area contributed by atoms with Gasteiger partial charge in [0.05, 0.1) is 6.07 Å². The Morgan fingerprint density at radius 2 is 2.12 bits per heavy atom. The maximum Gasteiger partial charge on any atom is 0.127 e. The summed E-state index contributed by atoms with van der Waals surface area (Å²) in [6, 6.07) is 8.98. The number of rotatable bonds is 5. The first kappa shape index (κ1) is 12.7. The molecule has 0 spiro atoms. The van der Waals surface area contributed by atoms with Gasteiger partial charge in [-0.05, 0) is 33.0 Å². The van der Waals surface area contributed by atoms with Crippen molar-refractivity contribution >= 4 is 0 Å². The van der Waals surface area contributed by atoms with Crippen LogP contribution in [0.3, 0.4) is 0 Å². The van der Waals surface area contributed by atoms with Crippen LogP contribution in [0.25, 0.3) is 0 Å². The van der Waals surface area contributed by atoms with E-state index in [1.807, 2.05) is 20.0 Å². The molecule has 0 saturated carbocycles. The first-order valence-electron chi connectivity index (χ1n) is 5.48. The van der Waals surface area contributed by atoms with Gasteiger partial charge in [0.1, 0.15) is 5.82 Å². The van der Waals surface area contributed by atoms with E-state index in [9.17, 15) is 4.39 Å². The van der Waals surface area contributed by atoms with Crippen LogP contribution < -0.4 is 0 Å². The highest BCUT2D eigenvalue weighted by Gasteiger charge is 2.14. The number of benzene rings is 1. The Labute approximate surface area is 96.3 Å². The van der Waals surface area contributed by atoms with Gasteiger partial charge in [-0.25, -0.2) is 4.39 Å². The molecule has 0 amide bonds. The van der Waals surface area contributed by atoms with Crippen molar-refractivity contribution in [2.24, 2.45) is 0 Å². The van der Waals surface area contributed by atoms with Gasteiger partial charge in [0, 0.05) is 18.0 Å². The maximum atomic E-state index is 13.5. The van der Waals surface area contributed by atoms with Crippen LogP contribution in [0.4, 0.5) is 4.39 Å². The molecule has 0 aliphatic heterocycles. The van der Waals surface area contributed by atoms with Gasteiger partial charge < -0.3 is 0 Å². The van der Waals surface area contributed by atoms with Gasteiger partial charge in [-0.2, -0.15) is 5.26 Å². The summed E-state index contributed by atoms with van der Waals surface area (Å²) < 4.78 is 13.5. The Balaban J connectivity index is 2.60. The summed E-state index contributed by atoms with van der Waals surface area (Å²) in [5.41, 5.74) is 0.710. The van der Waals surface area contributed by atoms with Crippen molar-refractivity contribution in [3.8, 4) is 6.07 Å². The van der Waals surface area contributed by atoms with Crippen LogP contribution in [0, 0.1) is 17.1 Å². The smallest absolute Gasteiger partial charge is 0.127 e. The molecule has 2 nitrogen and oxygen atoms in total. The number of unbranched alkanes of at least 4 members (excludes halogenated alkanes) is 1. The van der Waals surface area contributed by atoms with Crippen molar-refractivity contribution in [3.63, 3.8) is 0 Å². The quantitative estimate of drug-likeness (QED) is 0.713. The molecule has 0 fully saturated rings. The highest BCUT2D eigenvalue weighted by Crippen LogP contribution is 2.21. The minimum Gasteiger partial charge on any atom is -0.299 e. The first-order chi connectivity index (χ1) is 7.66. The molecule has 0 radical (unpaired) electrons. The zero-order valence-electron chi connectivity index (χ0n) is 9.78. The fourth-order valence-electron chi connectivity index (χ4n) is 1.65. The van der Waals surface area contributed by atoms with Gasteiger partial charge in [0.25, 0.3) is 0 Å². The standard InChI is InChI=1S/C13H17FN2/c1-11(16(2)10-6-5-9-15)12-7-3-4-8-13(12)14/h3-4,7-8,11H,5-6,10H2,1-2H3. The van der Waals surface area contributed by atoms with E-state index in [1.165, 1.54) is 6.07 Å². The van der Waals surface area contributed by atoms with Crippen molar-refractivity contribution in [1.29, 1.82) is 5.26 Å².